The highest BCUT2D eigenvalue weighted by Gasteiger charge is 2.22. The summed E-state index contributed by atoms with van der Waals surface area (Å²) in [4.78, 5) is 0. The maximum absolute atomic E-state index is 3.54. The molecule has 0 heterocycles. The van der Waals surface area contributed by atoms with Gasteiger partial charge in [-0.1, -0.05) is 49.4 Å². The van der Waals surface area contributed by atoms with E-state index in [1.54, 1.807) is 0 Å². The predicted molar refractivity (Wildman–Crippen MR) is 81.6 cm³/mol. The van der Waals surface area contributed by atoms with Crippen LogP contribution in [-0.4, -0.2) is 0 Å². The largest absolute Gasteiger partial charge is 0.381 e. The van der Waals surface area contributed by atoms with Gasteiger partial charge in [0.15, 0.2) is 0 Å². The summed E-state index contributed by atoms with van der Waals surface area (Å²) in [5.74, 6) is 0.850. The average molecular weight is 251 g/mol. The highest BCUT2D eigenvalue weighted by Crippen LogP contribution is 2.39. The van der Waals surface area contributed by atoms with Crippen molar-refractivity contribution in [2.75, 3.05) is 5.32 Å². The number of hydrogen-bond acceptors (Lipinski definition) is 1. The van der Waals surface area contributed by atoms with Crippen molar-refractivity contribution in [2.45, 2.75) is 38.6 Å². The van der Waals surface area contributed by atoms with E-state index in [0.717, 1.165) is 18.9 Å². The van der Waals surface area contributed by atoms with Gasteiger partial charge in [0.05, 0.1) is 0 Å². The predicted octanol–water partition coefficient (Wildman–Crippen LogP) is 4.74. The van der Waals surface area contributed by atoms with E-state index >= 15 is 0 Å². The number of anilines is 1. The molecular formula is C18H21N. The standard InChI is InChI=1S/C18H21N/c1-2-15-5-3-4-6-18(15)19-13-14-7-9-16(10-8-14)17-11-12-17/h3-10,17,19H,2,11-13H2,1H3. The third kappa shape index (κ3) is 2.98. The Morgan fingerprint density at radius 1 is 1.00 bits per heavy atom. The molecule has 1 N–H and O–H groups in total. The molecule has 0 saturated heterocycles. The van der Waals surface area contributed by atoms with E-state index in [-0.39, 0.29) is 0 Å². The summed E-state index contributed by atoms with van der Waals surface area (Å²) in [5, 5.41) is 3.54. The summed E-state index contributed by atoms with van der Waals surface area (Å²) >= 11 is 0. The van der Waals surface area contributed by atoms with Gasteiger partial charge in [-0.2, -0.15) is 0 Å². The maximum Gasteiger partial charge on any atom is 0.0400 e. The Balaban J connectivity index is 1.64. The normalized spacial score (nSPS) is 14.4. The third-order valence-electron chi connectivity index (χ3n) is 3.91. The van der Waals surface area contributed by atoms with Gasteiger partial charge in [0.25, 0.3) is 0 Å². The van der Waals surface area contributed by atoms with Crippen molar-refractivity contribution in [2.24, 2.45) is 0 Å². The summed E-state index contributed by atoms with van der Waals surface area (Å²) in [6.45, 7) is 3.10. The molecule has 0 atom stereocenters. The van der Waals surface area contributed by atoms with E-state index < -0.39 is 0 Å². The van der Waals surface area contributed by atoms with E-state index in [0.29, 0.717) is 0 Å². The van der Waals surface area contributed by atoms with Crippen molar-refractivity contribution in [1.29, 1.82) is 0 Å². The van der Waals surface area contributed by atoms with Gasteiger partial charge >= 0.3 is 0 Å². The Hall–Kier alpha value is -1.76. The molecular weight excluding hydrogens is 230 g/mol. The number of nitrogens with one attached hydrogen (secondary N) is 1. The molecule has 3 rings (SSSR count). The van der Waals surface area contributed by atoms with Gasteiger partial charge in [-0.25, -0.2) is 0 Å². The molecule has 0 radical (unpaired) electrons. The summed E-state index contributed by atoms with van der Waals surface area (Å²) < 4.78 is 0. The first-order valence-electron chi connectivity index (χ1n) is 7.27. The zero-order valence-corrected chi connectivity index (χ0v) is 11.5. The van der Waals surface area contributed by atoms with Crippen LogP contribution in [0.25, 0.3) is 0 Å². The third-order valence-corrected chi connectivity index (χ3v) is 3.91. The van der Waals surface area contributed by atoms with Crippen LogP contribution in [0.1, 0.15) is 42.4 Å². The van der Waals surface area contributed by atoms with Gasteiger partial charge in [-0.3, -0.25) is 0 Å². The lowest BCUT2D eigenvalue weighted by Gasteiger charge is -2.11. The Morgan fingerprint density at radius 2 is 1.74 bits per heavy atom. The molecule has 1 nitrogen and oxygen atoms in total. The van der Waals surface area contributed by atoms with Gasteiger partial charge < -0.3 is 5.32 Å². The van der Waals surface area contributed by atoms with Gasteiger partial charge in [-0.05, 0) is 47.9 Å². The molecule has 19 heavy (non-hydrogen) atoms. The number of aryl methyl sites for hydroxylation is 1. The molecule has 2 aromatic carbocycles. The molecule has 0 amide bonds. The molecule has 2 aromatic rings. The topological polar surface area (TPSA) is 12.0 Å². The minimum Gasteiger partial charge on any atom is -0.381 e. The Labute approximate surface area is 115 Å². The van der Waals surface area contributed by atoms with E-state index in [2.05, 4.69) is 60.8 Å². The first-order valence-corrected chi connectivity index (χ1v) is 7.27. The second-order valence-electron chi connectivity index (χ2n) is 5.38. The van der Waals surface area contributed by atoms with Gasteiger partial charge in [0.2, 0.25) is 0 Å². The first-order chi connectivity index (χ1) is 9.36. The Morgan fingerprint density at radius 3 is 2.42 bits per heavy atom. The molecule has 98 valence electrons. The molecule has 1 aliphatic carbocycles. The SMILES string of the molecule is CCc1ccccc1NCc1ccc(C2CC2)cc1. The van der Waals surface area contributed by atoms with Crippen LogP contribution in [0.15, 0.2) is 48.5 Å². The Bertz CT molecular complexity index is 538. The lowest BCUT2D eigenvalue weighted by Crippen LogP contribution is -2.02. The fourth-order valence-corrected chi connectivity index (χ4v) is 2.52. The van der Waals surface area contributed by atoms with Crippen LogP contribution >= 0.6 is 0 Å². The zero-order valence-electron chi connectivity index (χ0n) is 11.5. The van der Waals surface area contributed by atoms with Crippen LogP contribution in [-0.2, 0) is 13.0 Å². The number of hydrogen-bond donors (Lipinski definition) is 1. The lowest BCUT2D eigenvalue weighted by atomic mass is 10.1. The smallest absolute Gasteiger partial charge is 0.0400 e. The molecule has 1 fully saturated rings. The second kappa shape index (κ2) is 5.48. The molecule has 0 aromatic heterocycles. The van der Waals surface area contributed by atoms with Gasteiger partial charge in [0.1, 0.15) is 0 Å². The maximum atomic E-state index is 3.54. The van der Waals surface area contributed by atoms with E-state index in [9.17, 15) is 0 Å². The first kappa shape index (κ1) is 12.3. The second-order valence-corrected chi connectivity index (χ2v) is 5.38. The lowest BCUT2D eigenvalue weighted by molar-refractivity contribution is 1.08. The van der Waals surface area contributed by atoms with Crippen LogP contribution in [0.2, 0.25) is 0 Å². The van der Waals surface area contributed by atoms with Crippen LogP contribution in [0.3, 0.4) is 0 Å². The van der Waals surface area contributed by atoms with Crippen molar-refractivity contribution in [3.8, 4) is 0 Å². The minimum atomic E-state index is 0.850. The van der Waals surface area contributed by atoms with Gasteiger partial charge in [-0.15, -0.1) is 0 Å². The van der Waals surface area contributed by atoms with E-state index in [1.807, 2.05) is 0 Å². The molecule has 1 saturated carbocycles. The number of para-hydroxylation sites is 1. The zero-order chi connectivity index (χ0) is 13.1. The summed E-state index contributed by atoms with van der Waals surface area (Å²) in [6, 6.07) is 17.7. The quantitative estimate of drug-likeness (QED) is 0.809. The van der Waals surface area contributed by atoms with Crippen molar-refractivity contribution >= 4 is 5.69 Å². The van der Waals surface area contributed by atoms with Gasteiger partial charge in [0, 0.05) is 12.2 Å². The molecule has 0 spiro atoms. The fourth-order valence-electron chi connectivity index (χ4n) is 2.52. The minimum absolute atomic E-state index is 0.850. The molecule has 1 aliphatic rings. The number of benzene rings is 2. The van der Waals surface area contributed by atoms with Crippen molar-refractivity contribution in [1.82, 2.24) is 0 Å². The van der Waals surface area contributed by atoms with Crippen molar-refractivity contribution in [3.05, 3.63) is 65.2 Å². The van der Waals surface area contributed by atoms with Crippen LogP contribution in [0.5, 0.6) is 0 Å². The summed E-state index contributed by atoms with van der Waals surface area (Å²) in [6.07, 6.45) is 3.83. The molecule has 0 bridgehead atoms. The highest BCUT2D eigenvalue weighted by molar-refractivity contribution is 5.51. The molecule has 0 aliphatic heterocycles. The fraction of sp³-hybridized carbons (Fsp3) is 0.333. The van der Waals surface area contributed by atoms with Crippen LogP contribution in [0.4, 0.5) is 5.69 Å². The monoisotopic (exact) mass is 251 g/mol. The van der Waals surface area contributed by atoms with E-state index in [4.69, 9.17) is 0 Å². The average Bonchev–Trinajstić information content (AvgIpc) is 3.30. The summed E-state index contributed by atoms with van der Waals surface area (Å²) in [7, 11) is 0. The number of rotatable bonds is 5. The Kier molecular flexibility index (Phi) is 3.54. The highest BCUT2D eigenvalue weighted by atomic mass is 14.9. The van der Waals surface area contributed by atoms with Crippen LogP contribution in [0, 0.1) is 0 Å². The molecule has 1 heteroatoms. The van der Waals surface area contributed by atoms with E-state index in [1.165, 1.54) is 35.2 Å². The summed E-state index contributed by atoms with van der Waals surface area (Å²) in [5.41, 5.74) is 5.52. The molecule has 0 unspecified atom stereocenters. The van der Waals surface area contributed by atoms with Crippen LogP contribution < -0.4 is 5.32 Å². The van der Waals surface area contributed by atoms with Crippen molar-refractivity contribution < 1.29 is 0 Å². The van der Waals surface area contributed by atoms with Crippen molar-refractivity contribution in [3.63, 3.8) is 0 Å².